The Hall–Kier alpha value is -3.64. The van der Waals surface area contributed by atoms with E-state index in [1.54, 1.807) is 44.1 Å². The number of benzene rings is 2. The van der Waals surface area contributed by atoms with Gasteiger partial charge in [-0.3, -0.25) is 14.9 Å². The molecule has 0 aliphatic heterocycles. The Morgan fingerprint density at radius 1 is 1.23 bits per heavy atom. The zero-order chi connectivity index (χ0) is 23.1. The van der Waals surface area contributed by atoms with Crippen molar-refractivity contribution in [1.29, 1.82) is 5.26 Å². The minimum absolute atomic E-state index is 0.0454. The highest BCUT2D eigenvalue weighted by Gasteiger charge is 2.22. The number of halogens is 1. The molecule has 1 amide bonds. The molecule has 0 saturated heterocycles. The first kappa shape index (κ1) is 23.6. The summed E-state index contributed by atoms with van der Waals surface area (Å²) in [5.74, 6) is -1.40. The van der Waals surface area contributed by atoms with Crippen LogP contribution >= 0.6 is 11.6 Å². The van der Waals surface area contributed by atoms with Crippen LogP contribution in [0.5, 0.6) is 0 Å². The van der Waals surface area contributed by atoms with Crippen molar-refractivity contribution in [3.05, 3.63) is 62.7 Å². The third-order valence-corrected chi connectivity index (χ3v) is 4.84. The summed E-state index contributed by atoms with van der Waals surface area (Å²) in [6.45, 7) is 1.30. The molecule has 0 aliphatic carbocycles. The molecule has 2 aromatic rings. The van der Waals surface area contributed by atoms with Crippen LogP contribution in [0.15, 0.2) is 36.4 Å². The summed E-state index contributed by atoms with van der Waals surface area (Å²) < 4.78 is 5.09. The zero-order valence-electron chi connectivity index (χ0n) is 17.3. The molecular formula is C21H21ClN4O5. The minimum Gasteiger partial charge on any atom is -0.452 e. The van der Waals surface area contributed by atoms with Gasteiger partial charge in [-0.2, -0.15) is 5.26 Å². The summed E-state index contributed by atoms with van der Waals surface area (Å²) >= 11 is 6.03. The number of carbonyl (C=O) groups excluding carboxylic acids is 2. The third-order valence-electron chi connectivity index (χ3n) is 4.42. The first-order valence-electron chi connectivity index (χ1n) is 9.22. The Labute approximate surface area is 184 Å². The third kappa shape index (κ3) is 5.93. The summed E-state index contributed by atoms with van der Waals surface area (Å²) in [5.41, 5.74) is 1.30. The molecule has 0 spiro atoms. The van der Waals surface area contributed by atoms with E-state index >= 15 is 0 Å². The maximum absolute atomic E-state index is 12.7. The maximum Gasteiger partial charge on any atom is 0.338 e. The molecule has 0 fully saturated rings. The van der Waals surface area contributed by atoms with Crippen LogP contribution in [0.2, 0.25) is 5.02 Å². The number of amides is 1. The Kier molecular flexibility index (Phi) is 7.94. The first-order chi connectivity index (χ1) is 14.6. The molecule has 0 radical (unpaired) electrons. The van der Waals surface area contributed by atoms with Crippen LogP contribution in [-0.4, -0.2) is 44.0 Å². The number of nitro benzene ring substituents is 1. The highest BCUT2D eigenvalue weighted by atomic mass is 35.5. The predicted octanol–water partition coefficient (Wildman–Crippen LogP) is 3.73. The molecule has 31 heavy (non-hydrogen) atoms. The minimum atomic E-state index is -0.866. The van der Waals surface area contributed by atoms with Gasteiger partial charge in [-0.1, -0.05) is 11.6 Å². The Morgan fingerprint density at radius 2 is 1.94 bits per heavy atom. The highest BCUT2D eigenvalue weighted by Crippen LogP contribution is 2.28. The molecule has 0 aromatic heterocycles. The van der Waals surface area contributed by atoms with Crippen LogP contribution in [-0.2, 0) is 9.53 Å². The molecule has 0 bridgehead atoms. The lowest BCUT2D eigenvalue weighted by atomic mass is 10.1. The fraction of sp³-hybridized carbons (Fsp3) is 0.286. The molecule has 0 aliphatic rings. The molecule has 0 saturated carbocycles. The van der Waals surface area contributed by atoms with Gasteiger partial charge < -0.3 is 14.5 Å². The van der Waals surface area contributed by atoms with Crippen LogP contribution in [0.3, 0.4) is 0 Å². The molecule has 0 unspecified atom stereocenters. The van der Waals surface area contributed by atoms with Crippen molar-refractivity contribution in [3.63, 3.8) is 0 Å². The van der Waals surface area contributed by atoms with Gasteiger partial charge in [0.15, 0.2) is 6.61 Å². The Morgan fingerprint density at radius 3 is 2.52 bits per heavy atom. The van der Waals surface area contributed by atoms with E-state index in [4.69, 9.17) is 21.6 Å². The van der Waals surface area contributed by atoms with E-state index in [0.29, 0.717) is 16.4 Å². The van der Waals surface area contributed by atoms with E-state index in [1.807, 2.05) is 6.07 Å². The highest BCUT2D eigenvalue weighted by molar-refractivity contribution is 6.31. The van der Waals surface area contributed by atoms with Gasteiger partial charge in [0, 0.05) is 37.4 Å². The van der Waals surface area contributed by atoms with E-state index in [2.05, 4.69) is 0 Å². The molecule has 162 valence electrons. The monoisotopic (exact) mass is 444 g/mol. The van der Waals surface area contributed by atoms with Crippen LogP contribution < -0.4 is 9.80 Å². The van der Waals surface area contributed by atoms with Crippen molar-refractivity contribution < 1.29 is 19.2 Å². The van der Waals surface area contributed by atoms with Crippen molar-refractivity contribution in [2.75, 3.05) is 37.0 Å². The number of nitro groups is 1. The molecular weight excluding hydrogens is 424 g/mol. The SMILES string of the molecule is Cc1cc(N(CCC#N)C(=O)COC(=O)c2ccc(N(C)C)c([N+](=O)[O-])c2)ccc1Cl. The number of ether oxygens (including phenoxy) is 1. The second kappa shape index (κ2) is 10.4. The predicted molar refractivity (Wildman–Crippen MR) is 116 cm³/mol. The van der Waals surface area contributed by atoms with E-state index in [0.717, 1.165) is 11.6 Å². The zero-order valence-corrected chi connectivity index (χ0v) is 18.0. The quantitative estimate of drug-likeness (QED) is 0.346. The van der Waals surface area contributed by atoms with Crippen molar-refractivity contribution in [2.24, 2.45) is 0 Å². The van der Waals surface area contributed by atoms with Gasteiger partial charge in [-0.05, 0) is 42.8 Å². The summed E-state index contributed by atoms with van der Waals surface area (Å²) in [5, 5.41) is 20.7. The summed E-state index contributed by atoms with van der Waals surface area (Å²) in [6.07, 6.45) is 0.0829. The lowest BCUT2D eigenvalue weighted by Gasteiger charge is -2.22. The van der Waals surface area contributed by atoms with Crippen LogP contribution in [0.4, 0.5) is 17.1 Å². The molecule has 9 nitrogen and oxygen atoms in total. The van der Waals surface area contributed by atoms with Gasteiger partial charge in [0.05, 0.1) is 23.0 Å². The topological polar surface area (TPSA) is 117 Å². The summed E-state index contributed by atoms with van der Waals surface area (Å²) in [4.78, 5) is 38.7. The largest absolute Gasteiger partial charge is 0.452 e. The average molecular weight is 445 g/mol. The van der Waals surface area contributed by atoms with Gasteiger partial charge in [-0.25, -0.2) is 4.79 Å². The van der Waals surface area contributed by atoms with Crippen molar-refractivity contribution >= 4 is 40.5 Å². The smallest absolute Gasteiger partial charge is 0.338 e. The summed E-state index contributed by atoms with van der Waals surface area (Å²) in [7, 11) is 3.29. The van der Waals surface area contributed by atoms with Crippen molar-refractivity contribution in [1.82, 2.24) is 0 Å². The van der Waals surface area contributed by atoms with Crippen molar-refractivity contribution in [3.8, 4) is 6.07 Å². The molecule has 2 aromatic carbocycles. The number of rotatable bonds is 8. The van der Waals surface area contributed by atoms with Crippen LogP contribution in [0.25, 0.3) is 0 Å². The lowest BCUT2D eigenvalue weighted by Crippen LogP contribution is -2.35. The molecule has 2 rings (SSSR count). The van der Waals surface area contributed by atoms with E-state index in [-0.39, 0.29) is 24.2 Å². The van der Waals surface area contributed by atoms with Gasteiger partial charge in [0.2, 0.25) is 0 Å². The van der Waals surface area contributed by atoms with E-state index in [9.17, 15) is 19.7 Å². The first-order valence-corrected chi connectivity index (χ1v) is 9.60. The number of hydrogen-bond acceptors (Lipinski definition) is 7. The molecule has 0 N–H and O–H groups in total. The maximum atomic E-state index is 12.7. The standard InChI is InChI=1S/C21H21ClN4O5/c1-14-11-16(6-7-17(14)22)25(10-4-9-23)20(27)13-31-21(28)15-5-8-18(24(2)3)19(12-15)26(29)30/h5-8,11-12H,4,10,13H2,1-3H3. The van der Waals surface area contributed by atoms with Crippen LogP contribution in [0.1, 0.15) is 22.3 Å². The van der Waals surface area contributed by atoms with Gasteiger partial charge in [-0.15, -0.1) is 0 Å². The fourth-order valence-corrected chi connectivity index (χ4v) is 2.94. The Bertz CT molecular complexity index is 1050. The number of anilines is 2. The van der Waals surface area contributed by atoms with Gasteiger partial charge >= 0.3 is 5.97 Å². The lowest BCUT2D eigenvalue weighted by molar-refractivity contribution is -0.384. The number of carbonyl (C=O) groups is 2. The number of aryl methyl sites for hydroxylation is 1. The average Bonchev–Trinajstić information content (AvgIpc) is 2.74. The molecule has 0 heterocycles. The number of hydrogen-bond donors (Lipinski definition) is 0. The number of nitrogens with zero attached hydrogens (tertiary/aromatic N) is 4. The number of esters is 1. The van der Waals surface area contributed by atoms with E-state index < -0.39 is 23.4 Å². The summed E-state index contributed by atoms with van der Waals surface area (Å²) in [6, 6.07) is 10.9. The fourth-order valence-electron chi connectivity index (χ4n) is 2.82. The van der Waals surface area contributed by atoms with E-state index in [1.165, 1.54) is 17.0 Å². The van der Waals surface area contributed by atoms with Gasteiger partial charge in [0.1, 0.15) is 5.69 Å². The molecule has 0 atom stereocenters. The second-order valence-corrected chi connectivity index (χ2v) is 7.23. The van der Waals surface area contributed by atoms with Crippen LogP contribution in [0, 0.1) is 28.4 Å². The normalized spacial score (nSPS) is 10.2. The Balaban J connectivity index is 2.17. The second-order valence-electron chi connectivity index (χ2n) is 6.82. The number of nitriles is 1. The van der Waals surface area contributed by atoms with Crippen molar-refractivity contribution in [2.45, 2.75) is 13.3 Å². The molecule has 10 heteroatoms. The van der Waals surface area contributed by atoms with Gasteiger partial charge in [0.25, 0.3) is 11.6 Å².